The molecule has 19 heavy (non-hydrogen) atoms. The first kappa shape index (κ1) is 13.3. The van der Waals surface area contributed by atoms with Gasteiger partial charge in [-0.05, 0) is 32.0 Å². The topological polar surface area (TPSA) is 75.4 Å². The van der Waals surface area contributed by atoms with Crippen LogP contribution in [0.4, 0.5) is 0 Å². The molecule has 2 N–H and O–H groups in total. The zero-order valence-corrected chi connectivity index (χ0v) is 10.9. The summed E-state index contributed by atoms with van der Waals surface area (Å²) in [4.78, 5) is 15.1. The van der Waals surface area contributed by atoms with Gasteiger partial charge in [0.1, 0.15) is 5.76 Å². The number of nitrogens with one attached hydrogen (secondary N) is 1. The zero-order chi connectivity index (χ0) is 13.8. The van der Waals surface area contributed by atoms with Crippen LogP contribution in [0, 0.1) is 6.92 Å². The maximum atomic E-state index is 10.8. The molecular formula is C14H16N2O3. The monoisotopic (exact) mass is 260 g/mol. The molecule has 0 saturated heterocycles. The first-order valence-corrected chi connectivity index (χ1v) is 6.05. The number of hydrogen-bond donors (Lipinski definition) is 2. The van der Waals surface area contributed by atoms with E-state index in [0.717, 1.165) is 11.3 Å². The molecule has 2 aromatic rings. The number of aryl methyl sites for hydroxylation is 1. The van der Waals surface area contributed by atoms with Crippen molar-refractivity contribution >= 4 is 5.97 Å². The maximum absolute atomic E-state index is 10.8. The molecule has 0 aliphatic carbocycles. The third kappa shape index (κ3) is 3.20. The minimum absolute atomic E-state index is 0.0280. The fourth-order valence-electron chi connectivity index (χ4n) is 1.80. The number of aromatic carboxylic acids is 1. The second kappa shape index (κ2) is 5.67. The standard InChI is InChI=1S/C14H16N2O3/c1-9(12-5-3-4-6-15-12)16-8-11-7-13(14(17)18)19-10(11)2/h3-7,9,16H,8H2,1-2H3,(H,17,18)/t9-/m0/s1. The summed E-state index contributed by atoms with van der Waals surface area (Å²) in [7, 11) is 0. The highest BCUT2D eigenvalue weighted by atomic mass is 16.4. The van der Waals surface area contributed by atoms with Crippen LogP contribution in [0.25, 0.3) is 0 Å². The molecule has 100 valence electrons. The van der Waals surface area contributed by atoms with E-state index in [0.29, 0.717) is 12.3 Å². The van der Waals surface area contributed by atoms with Gasteiger partial charge in [0.2, 0.25) is 5.76 Å². The molecule has 5 nitrogen and oxygen atoms in total. The molecule has 1 atom stereocenters. The Morgan fingerprint density at radius 1 is 1.53 bits per heavy atom. The largest absolute Gasteiger partial charge is 0.475 e. The van der Waals surface area contributed by atoms with Gasteiger partial charge in [0, 0.05) is 24.3 Å². The number of aromatic nitrogens is 1. The molecule has 0 amide bonds. The summed E-state index contributed by atoms with van der Waals surface area (Å²) < 4.78 is 5.16. The first-order valence-electron chi connectivity index (χ1n) is 6.05. The van der Waals surface area contributed by atoms with Crippen molar-refractivity contribution in [2.24, 2.45) is 0 Å². The van der Waals surface area contributed by atoms with E-state index < -0.39 is 5.97 Å². The van der Waals surface area contributed by atoms with Crippen LogP contribution in [0.15, 0.2) is 34.9 Å². The Bertz CT molecular complexity index is 563. The van der Waals surface area contributed by atoms with Crippen molar-refractivity contribution in [2.75, 3.05) is 0 Å². The van der Waals surface area contributed by atoms with Crippen molar-refractivity contribution < 1.29 is 14.3 Å². The van der Waals surface area contributed by atoms with Crippen LogP contribution in [0.5, 0.6) is 0 Å². The lowest BCUT2D eigenvalue weighted by atomic mass is 10.2. The highest BCUT2D eigenvalue weighted by Crippen LogP contribution is 2.16. The number of rotatable bonds is 5. The van der Waals surface area contributed by atoms with Crippen molar-refractivity contribution in [1.29, 1.82) is 0 Å². The second-order valence-electron chi connectivity index (χ2n) is 4.35. The predicted octanol–water partition coefficient (Wildman–Crippen LogP) is 2.53. The van der Waals surface area contributed by atoms with Gasteiger partial charge < -0.3 is 14.8 Å². The van der Waals surface area contributed by atoms with Gasteiger partial charge in [-0.3, -0.25) is 4.98 Å². The number of furan rings is 1. The Morgan fingerprint density at radius 2 is 2.32 bits per heavy atom. The molecule has 0 unspecified atom stereocenters. The number of carboxylic acid groups (broad SMARTS) is 1. The van der Waals surface area contributed by atoms with Gasteiger partial charge in [-0.25, -0.2) is 4.79 Å². The third-order valence-corrected chi connectivity index (χ3v) is 2.96. The van der Waals surface area contributed by atoms with E-state index in [9.17, 15) is 4.79 Å². The maximum Gasteiger partial charge on any atom is 0.371 e. The van der Waals surface area contributed by atoms with Gasteiger partial charge in [-0.2, -0.15) is 0 Å². The predicted molar refractivity (Wildman–Crippen MR) is 69.9 cm³/mol. The van der Waals surface area contributed by atoms with Gasteiger partial charge in [0.15, 0.2) is 0 Å². The SMILES string of the molecule is Cc1oc(C(=O)O)cc1CN[C@@H](C)c1ccccn1. The van der Waals surface area contributed by atoms with Crippen LogP contribution < -0.4 is 5.32 Å². The summed E-state index contributed by atoms with van der Waals surface area (Å²) in [5.41, 5.74) is 1.79. The van der Waals surface area contributed by atoms with Crippen LogP contribution >= 0.6 is 0 Å². The fraction of sp³-hybridized carbons (Fsp3) is 0.286. The Labute approximate surface area is 111 Å². The van der Waals surface area contributed by atoms with Crippen molar-refractivity contribution in [3.8, 4) is 0 Å². The van der Waals surface area contributed by atoms with Crippen molar-refractivity contribution in [3.05, 3.63) is 53.2 Å². The quantitative estimate of drug-likeness (QED) is 0.864. The van der Waals surface area contributed by atoms with Crippen LogP contribution in [-0.2, 0) is 6.54 Å². The average molecular weight is 260 g/mol. The molecule has 2 heterocycles. The molecule has 0 aromatic carbocycles. The Balaban J connectivity index is 2.01. The van der Waals surface area contributed by atoms with Crippen molar-refractivity contribution in [2.45, 2.75) is 26.4 Å². The lowest BCUT2D eigenvalue weighted by molar-refractivity contribution is 0.0661. The van der Waals surface area contributed by atoms with E-state index in [4.69, 9.17) is 9.52 Å². The molecule has 0 spiro atoms. The lowest BCUT2D eigenvalue weighted by Gasteiger charge is -2.12. The summed E-state index contributed by atoms with van der Waals surface area (Å²) in [5, 5.41) is 12.1. The number of carbonyl (C=O) groups is 1. The normalized spacial score (nSPS) is 12.3. The molecular weight excluding hydrogens is 244 g/mol. The molecule has 5 heteroatoms. The highest BCUT2D eigenvalue weighted by Gasteiger charge is 2.14. The Morgan fingerprint density at radius 3 is 2.89 bits per heavy atom. The molecule has 0 radical (unpaired) electrons. The van der Waals surface area contributed by atoms with Crippen LogP contribution in [0.1, 0.15) is 40.5 Å². The minimum Gasteiger partial charge on any atom is -0.475 e. The van der Waals surface area contributed by atoms with Gasteiger partial charge in [0.25, 0.3) is 0 Å². The van der Waals surface area contributed by atoms with Crippen molar-refractivity contribution in [3.63, 3.8) is 0 Å². The Kier molecular flexibility index (Phi) is 3.97. The lowest BCUT2D eigenvalue weighted by Crippen LogP contribution is -2.19. The van der Waals surface area contributed by atoms with Gasteiger partial charge in [0.05, 0.1) is 5.69 Å². The van der Waals surface area contributed by atoms with Crippen LogP contribution in [0.2, 0.25) is 0 Å². The van der Waals surface area contributed by atoms with Gasteiger partial charge in [-0.1, -0.05) is 6.07 Å². The molecule has 0 bridgehead atoms. The van der Waals surface area contributed by atoms with E-state index in [1.54, 1.807) is 19.2 Å². The average Bonchev–Trinajstić information content (AvgIpc) is 2.79. The molecule has 2 aromatic heterocycles. The molecule has 2 rings (SSSR count). The summed E-state index contributed by atoms with van der Waals surface area (Å²) in [6.07, 6.45) is 1.75. The van der Waals surface area contributed by atoms with Crippen molar-refractivity contribution in [1.82, 2.24) is 10.3 Å². The molecule has 0 fully saturated rings. The van der Waals surface area contributed by atoms with E-state index in [-0.39, 0.29) is 11.8 Å². The summed E-state index contributed by atoms with van der Waals surface area (Å²) in [6, 6.07) is 7.39. The second-order valence-corrected chi connectivity index (χ2v) is 4.35. The van der Waals surface area contributed by atoms with Crippen LogP contribution in [-0.4, -0.2) is 16.1 Å². The summed E-state index contributed by atoms with van der Waals surface area (Å²) >= 11 is 0. The summed E-state index contributed by atoms with van der Waals surface area (Å²) in [5.74, 6) is -0.454. The van der Waals surface area contributed by atoms with Gasteiger partial charge in [-0.15, -0.1) is 0 Å². The van der Waals surface area contributed by atoms with E-state index >= 15 is 0 Å². The molecule has 0 aliphatic heterocycles. The summed E-state index contributed by atoms with van der Waals surface area (Å²) in [6.45, 7) is 4.31. The number of nitrogens with zero attached hydrogens (tertiary/aromatic N) is 1. The van der Waals surface area contributed by atoms with Crippen LogP contribution in [0.3, 0.4) is 0 Å². The number of pyridine rings is 1. The minimum atomic E-state index is -1.05. The first-order chi connectivity index (χ1) is 9.08. The van der Waals surface area contributed by atoms with E-state index in [2.05, 4.69) is 10.3 Å². The molecule has 0 saturated carbocycles. The van der Waals surface area contributed by atoms with E-state index in [1.807, 2.05) is 25.1 Å². The molecule has 0 aliphatic rings. The Hall–Kier alpha value is -2.14. The van der Waals surface area contributed by atoms with E-state index in [1.165, 1.54) is 0 Å². The third-order valence-electron chi connectivity index (χ3n) is 2.96. The highest BCUT2D eigenvalue weighted by molar-refractivity contribution is 5.84. The smallest absolute Gasteiger partial charge is 0.371 e. The van der Waals surface area contributed by atoms with Gasteiger partial charge >= 0.3 is 5.97 Å². The zero-order valence-electron chi connectivity index (χ0n) is 10.9. The number of carboxylic acids is 1. The fourth-order valence-corrected chi connectivity index (χ4v) is 1.80. The number of hydrogen-bond acceptors (Lipinski definition) is 4.